The van der Waals surface area contributed by atoms with Crippen LogP contribution < -0.4 is 24.3 Å². The number of esters is 2. The van der Waals surface area contributed by atoms with Crippen LogP contribution in [0.25, 0.3) is 0 Å². The summed E-state index contributed by atoms with van der Waals surface area (Å²) in [5.41, 5.74) is 3.86. The van der Waals surface area contributed by atoms with Gasteiger partial charge in [0, 0.05) is 36.2 Å². The van der Waals surface area contributed by atoms with E-state index in [1.807, 2.05) is 32.0 Å². The Bertz CT molecular complexity index is 1420. The molecule has 0 bridgehead atoms. The number of dihydropyridines is 1. The first-order valence-electron chi connectivity index (χ1n) is 13.7. The first-order chi connectivity index (χ1) is 19.6. The van der Waals surface area contributed by atoms with Crippen molar-refractivity contribution in [2.75, 3.05) is 20.8 Å². The topological polar surface area (TPSA) is 109 Å². The molecule has 218 valence electrons. The average molecular weight is 564 g/mol. The van der Waals surface area contributed by atoms with Crippen molar-refractivity contribution < 1.29 is 38.1 Å². The van der Waals surface area contributed by atoms with E-state index in [1.165, 1.54) is 6.92 Å². The molecule has 2 atom stereocenters. The quantitative estimate of drug-likeness (QED) is 0.319. The minimum absolute atomic E-state index is 0.0760. The molecule has 2 aromatic carbocycles. The smallest absolute Gasteiger partial charge is 0.337 e. The number of hydrogen-bond acceptors (Lipinski definition) is 9. The number of carbonyl (C=O) groups excluding carboxylic acids is 3. The molecule has 41 heavy (non-hydrogen) atoms. The molecule has 0 saturated carbocycles. The van der Waals surface area contributed by atoms with E-state index in [1.54, 1.807) is 46.3 Å². The van der Waals surface area contributed by atoms with Gasteiger partial charge >= 0.3 is 11.9 Å². The SMILES string of the molecule is CCOc1cc(C2C(C(=O)OC(C)C)=C(C)NC3=C2C(=O)CC(c2ccc(OC)c(OC)c2)C3)ccc1OC(C)=O. The van der Waals surface area contributed by atoms with Gasteiger partial charge in [0.15, 0.2) is 28.8 Å². The van der Waals surface area contributed by atoms with Crippen molar-refractivity contribution in [1.29, 1.82) is 0 Å². The summed E-state index contributed by atoms with van der Waals surface area (Å²) < 4.78 is 27.6. The minimum atomic E-state index is -0.693. The molecule has 9 heteroatoms. The van der Waals surface area contributed by atoms with Gasteiger partial charge in [-0.15, -0.1) is 0 Å². The molecule has 0 saturated heterocycles. The monoisotopic (exact) mass is 563 g/mol. The fourth-order valence-electron chi connectivity index (χ4n) is 5.47. The Kier molecular flexibility index (Phi) is 9.05. The zero-order chi connectivity index (χ0) is 29.8. The molecule has 0 spiro atoms. The van der Waals surface area contributed by atoms with Crippen LogP contribution in [0.3, 0.4) is 0 Å². The van der Waals surface area contributed by atoms with Crippen LogP contribution in [0.2, 0.25) is 0 Å². The average Bonchev–Trinajstić information content (AvgIpc) is 2.92. The van der Waals surface area contributed by atoms with E-state index < -0.39 is 17.9 Å². The highest BCUT2D eigenvalue weighted by Crippen LogP contribution is 2.47. The largest absolute Gasteiger partial charge is 0.493 e. The molecule has 1 N–H and O–H groups in total. The Balaban J connectivity index is 1.82. The molecule has 2 unspecified atom stereocenters. The van der Waals surface area contributed by atoms with Gasteiger partial charge in [-0.2, -0.15) is 0 Å². The van der Waals surface area contributed by atoms with Crippen molar-refractivity contribution in [3.63, 3.8) is 0 Å². The number of Topliss-reactive ketones (excluding diaryl/α,β-unsaturated/α-hetero) is 1. The molecule has 0 amide bonds. The Morgan fingerprint density at radius 3 is 2.24 bits per heavy atom. The second-order valence-corrected chi connectivity index (χ2v) is 10.3. The van der Waals surface area contributed by atoms with E-state index in [4.69, 9.17) is 23.7 Å². The van der Waals surface area contributed by atoms with E-state index in [9.17, 15) is 14.4 Å². The lowest BCUT2D eigenvalue weighted by Gasteiger charge is -2.37. The summed E-state index contributed by atoms with van der Waals surface area (Å²) in [5.74, 6) is -0.0273. The van der Waals surface area contributed by atoms with E-state index in [2.05, 4.69) is 5.32 Å². The predicted molar refractivity (Wildman–Crippen MR) is 152 cm³/mol. The lowest BCUT2D eigenvalue weighted by molar-refractivity contribution is -0.143. The number of benzene rings is 2. The van der Waals surface area contributed by atoms with Crippen LogP contribution >= 0.6 is 0 Å². The Morgan fingerprint density at radius 1 is 0.951 bits per heavy atom. The van der Waals surface area contributed by atoms with Crippen molar-refractivity contribution in [3.05, 3.63) is 70.1 Å². The van der Waals surface area contributed by atoms with Gasteiger partial charge in [-0.3, -0.25) is 9.59 Å². The number of carbonyl (C=O) groups is 3. The molecule has 1 aliphatic heterocycles. The zero-order valence-electron chi connectivity index (χ0n) is 24.6. The lowest BCUT2D eigenvalue weighted by Crippen LogP contribution is -2.36. The Morgan fingerprint density at radius 2 is 1.61 bits per heavy atom. The number of ether oxygens (including phenoxy) is 5. The van der Waals surface area contributed by atoms with Gasteiger partial charge in [0.1, 0.15) is 0 Å². The highest BCUT2D eigenvalue weighted by Gasteiger charge is 2.42. The second kappa shape index (κ2) is 12.5. The first kappa shape index (κ1) is 29.7. The molecular weight excluding hydrogens is 526 g/mol. The van der Waals surface area contributed by atoms with Crippen LogP contribution in [0, 0.1) is 0 Å². The summed E-state index contributed by atoms with van der Waals surface area (Å²) in [6.07, 6.45) is 0.462. The van der Waals surface area contributed by atoms with Crippen molar-refractivity contribution in [3.8, 4) is 23.0 Å². The third-order valence-corrected chi connectivity index (χ3v) is 7.12. The number of allylic oxidation sites excluding steroid dienone is 3. The van der Waals surface area contributed by atoms with E-state index in [0.29, 0.717) is 52.7 Å². The van der Waals surface area contributed by atoms with Crippen molar-refractivity contribution in [1.82, 2.24) is 5.32 Å². The molecule has 9 nitrogen and oxygen atoms in total. The molecule has 2 aliphatic rings. The van der Waals surface area contributed by atoms with Crippen LogP contribution in [0.5, 0.6) is 23.0 Å². The van der Waals surface area contributed by atoms with Gasteiger partial charge in [-0.1, -0.05) is 12.1 Å². The highest BCUT2D eigenvalue weighted by atomic mass is 16.6. The molecule has 4 rings (SSSR count). The fraction of sp³-hybridized carbons (Fsp3) is 0.406. The van der Waals surface area contributed by atoms with Crippen molar-refractivity contribution >= 4 is 17.7 Å². The zero-order valence-corrected chi connectivity index (χ0v) is 24.6. The molecule has 0 fully saturated rings. The molecular formula is C32H37NO8. The van der Waals surface area contributed by atoms with Crippen LogP contribution in [0.4, 0.5) is 0 Å². The molecule has 0 radical (unpaired) electrons. The van der Waals surface area contributed by atoms with Crippen LogP contribution in [-0.2, 0) is 19.1 Å². The minimum Gasteiger partial charge on any atom is -0.493 e. The maximum absolute atomic E-state index is 14.0. The summed E-state index contributed by atoms with van der Waals surface area (Å²) in [5, 5.41) is 3.36. The molecule has 1 heterocycles. The first-order valence-corrected chi connectivity index (χ1v) is 13.7. The molecule has 1 aliphatic carbocycles. The summed E-state index contributed by atoms with van der Waals surface area (Å²) in [6.45, 7) is 8.85. The number of rotatable bonds is 9. The van der Waals surface area contributed by atoms with Crippen molar-refractivity contribution in [2.24, 2.45) is 0 Å². The third kappa shape index (κ3) is 6.24. The van der Waals surface area contributed by atoms with Gasteiger partial charge < -0.3 is 29.0 Å². The van der Waals surface area contributed by atoms with Crippen molar-refractivity contribution in [2.45, 2.75) is 65.4 Å². The van der Waals surface area contributed by atoms with Crippen LogP contribution in [0.1, 0.15) is 70.4 Å². The van der Waals surface area contributed by atoms with E-state index in [-0.39, 0.29) is 30.0 Å². The third-order valence-electron chi connectivity index (χ3n) is 7.12. The summed E-state index contributed by atoms with van der Waals surface area (Å²) in [4.78, 5) is 39.1. The Hall–Kier alpha value is -4.27. The number of ketones is 1. The number of nitrogens with one attached hydrogen (secondary N) is 1. The van der Waals surface area contributed by atoms with Gasteiger partial charge in [0.2, 0.25) is 0 Å². The van der Waals surface area contributed by atoms with E-state index in [0.717, 1.165) is 11.3 Å². The maximum Gasteiger partial charge on any atom is 0.337 e. The van der Waals surface area contributed by atoms with E-state index >= 15 is 0 Å². The molecule has 2 aromatic rings. The maximum atomic E-state index is 14.0. The predicted octanol–water partition coefficient (Wildman–Crippen LogP) is 5.34. The Labute approximate surface area is 240 Å². The van der Waals surface area contributed by atoms with Gasteiger partial charge in [0.05, 0.1) is 32.5 Å². The summed E-state index contributed by atoms with van der Waals surface area (Å²) in [6, 6.07) is 10.8. The molecule has 0 aromatic heterocycles. The standard InChI is InChI=1S/C32H37NO8/c1-8-39-28-16-21(10-12-26(28)41-19(5)34)30-29(32(36)40-17(2)3)18(4)33-23-13-22(14-24(35)31(23)30)20-9-11-25(37-6)27(15-20)38-7/h9-12,15-17,22,30,33H,8,13-14H2,1-7H3. The van der Waals surface area contributed by atoms with Crippen LogP contribution in [-0.4, -0.2) is 44.7 Å². The second-order valence-electron chi connectivity index (χ2n) is 10.3. The normalized spacial score (nSPS) is 18.5. The fourth-order valence-corrected chi connectivity index (χ4v) is 5.47. The lowest BCUT2D eigenvalue weighted by atomic mass is 9.71. The van der Waals surface area contributed by atoms with Crippen LogP contribution in [0.15, 0.2) is 58.9 Å². The van der Waals surface area contributed by atoms with Gasteiger partial charge in [-0.25, -0.2) is 4.79 Å². The van der Waals surface area contributed by atoms with Gasteiger partial charge in [0.25, 0.3) is 0 Å². The van der Waals surface area contributed by atoms with Gasteiger partial charge in [-0.05, 0) is 75.4 Å². The highest BCUT2D eigenvalue weighted by molar-refractivity contribution is 6.04. The number of methoxy groups -OCH3 is 2. The summed E-state index contributed by atoms with van der Waals surface area (Å²) >= 11 is 0. The summed E-state index contributed by atoms with van der Waals surface area (Å²) in [7, 11) is 3.16. The number of hydrogen-bond donors (Lipinski definition) is 1.